The summed E-state index contributed by atoms with van der Waals surface area (Å²) < 4.78 is 32.4. The van der Waals surface area contributed by atoms with Gasteiger partial charge in [-0.1, -0.05) is 32.1 Å². The fourth-order valence-corrected chi connectivity index (χ4v) is 3.15. The third-order valence-electron chi connectivity index (χ3n) is 4.66. The SMILES string of the molecule is COC(=O)[C@@H](CC1CCCCC1)NC(=O)C(F)(F)CC1CC1. The van der Waals surface area contributed by atoms with Gasteiger partial charge in [0.05, 0.1) is 7.11 Å². The van der Waals surface area contributed by atoms with Crippen molar-refractivity contribution < 1.29 is 23.1 Å². The lowest BCUT2D eigenvalue weighted by Crippen LogP contribution is -2.49. The van der Waals surface area contributed by atoms with E-state index in [0.29, 0.717) is 6.42 Å². The lowest BCUT2D eigenvalue weighted by molar-refractivity contribution is -0.153. The molecule has 4 nitrogen and oxygen atoms in total. The number of alkyl halides is 2. The molecular weight excluding hydrogens is 292 g/mol. The number of hydrogen-bond donors (Lipinski definition) is 1. The molecule has 6 heteroatoms. The van der Waals surface area contributed by atoms with Crippen molar-refractivity contribution in [3.8, 4) is 0 Å². The molecule has 1 amide bonds. The van der Waals surface area contributed by atoms with E-state index < -0.39 is 30.3 Å². The molecule has 0 aromatic heterocycles. The second kappa shape index (κ2) is 7.38. The van der Waals surface area contributed by atoms with E-state index in [-0.39, 0.29) is 11.8 Å². The molecule has 2 fully saturated rings. The minimum absolute atomic E-state index is 0.0596. The molecule has 2 aliphatic carbocycles. The molecule has 0 aromatic carbocycles. The Hall–Kier alpha value is -1.20. The molecule has 1 atom stereocenters. The van der Waals surface area contributed by atoms with Crippen molar-refractivity contribution in [1.29, 1.82) is 0 Å². The molecule has 1 N–H and O–H groups in total. The van der Waals surface area contributed by atoms with Gasteiger partial charge in [-0.3, -0.25) is 4.79 Å². The average Bonchev–Trinajstić information content (AvgIpc) is 3.30. The van der Waals surface area contributed by atoms with Gasteiger partial charge in [0.25, 0.3) is 5.91 Å². The van der Waals surface area contributed by atoms with Crippen LogP contribution in [0, 0.1) is 11.8 Å². The molecule has 0 heterocycles. The van der Waals surface area contributed by atoms with Crippen LogP contribution in [0.5, 0.6) is 0 Å². The van der Waals surface area contributed by atoms with E-state index >= 15 is 0 Å². The number of carbonyl (C=O) groups excluding carboxylic acids is 2. The summed E-state index contributed by atoms with van der Waals surface area (Å²) in [7, 11) is 1.21. The van der Waals surface area contributed by atoms with Gasteiger partial charge in [0.2, 0.25) is 0 Å². The number of rotatable bonds is 7. The largest absolute Gasteiger partial charge is 0.467 e. The lowest BCUT2D eigenvalue weighted by atomic mass is 9.84. The molecule has 2 aliphatic rings. The predicted octanol–water partition coefficient (Wildman–Crippen LogP) is 3.05. The minimum Gasteiger partial charge on any atom is -0.467 e. The molecule has 0 spiro atoms. The number of methoxy groups -OCH3 is 1. The van der Waals surface area contributed by atoms with Crippen LogP contribution in [0.1, 0.15) is 57.8 Å². The summed E-state index contributed by atoms with van der Waals surface area (Å²) in [5.74, 6) is -5.15. The Morgan fingerprint density at radius 3 is 2.32 bits per heavy atom. The quantitative estimate of drug-likeness (QED) is 0.734. The molecule has 0 aliphatic heterocycles. The molecule has 0 saturated heterocycles. The van der Waals surface area contributed by atoms with Crippen molar-refractivity contribution in [2.45, 2.75) is 69.8 Å². The molecule has 2 rings (SSSR count). The van der Waals surface area contributed by atoms with Gasteiger partial charge in [-0.25, -0.2) is 4.79 Å². The van der Waals surface area contributed by atoms with Crippen LogP contribution < -0.4 is 5.32 Å². The monoisotopic (exact) mass is 317 g/mol. The van der Waals surface area contributed by atoms with Crippen LogP contribution in [0.25, 0.3) is 0 Å². The van der Waals surface area contributed by atoms with Crippen LogP contribution in [-0.4, -0.2) is 31.0 Å². The first-order valence-corrected chi connectivity index (χ1v) is 8.19. The molecule has 2 saturated carbocycles. The summed E-state index contributed by atoms with van der Waals surface area (Å²) in [6, 6.07) is -0.967. The fourth-order valence-electron chi connectivity index (χ4n) is 3.15. The summed E-state index contributed by atoms with van der Waals surface area (Å²) >= 11 is 0. The molecule has 0 bridgehead atoms. The van der Waals surface area contributed by atoms with E-state index in [1.807, 2.05) is 0 Å². The van der Waals surface area contributed by atoms with Crippen LogP contribution in [0.2, 0.25) is 0 Å². The summed E-state index contributed by atoms with van der Waals surface area (Å²) in [4.78, 5) is 23.6. The first-order chi connectivity index (χ1) is 10.4. The van der Waals surface area contributed by atoms with Crippen LogP contribution in [0.4, 0.5) is 8.78 Å². The standard InChI is InChI=1S/C16H25F2NO3/c1-22-14(20)13(9-11-5-3-2-4-6-11)19-15(21)16(17,18)10-12-7-8-12/h11-13H,2-10H2,1H3,(H,19,21)/t13-/m1/s1. The summed E-state index contributed by atoms with van der Waals surface area (Å²) in [5, 5.41) is 2.22. The van der Waals surface area contributed by atoms with Crippen molar-refractivity contribution in [3.63, 3.8) is 0 Å². The highest BCUT2D eigenvalue weighted by Gasteiger charge is 2.45. The van der Waals surface area contributed by atoms with Crippen LogP contribution in [0.3, 0.4) is 0 Å². The van der Waals surface area contributed by atoms with E-state index in [0.717, 1.165) is 38.5 Å². The number of amides is 1. The van der Waals surface area contributed by atoms with Gasteiger partial charge in [-0.15, -0.1) is 0 Å². The van der Waals surface area contributed by atoms with Crippen molar-refractivity contribution in [3.05, 3.63) is 0 Å². The Kier molecular flexibility index (Phi) is 5.75. The number of nitrogens with one attached hydrogen (secondary N) is 1. The van der Waals surface area contributed by atoms with E-state index in [4.69, 9.17) is 0 Å². The zero-order valence-electron chi connectivity index (χ0n) is 13.1. The average molecular weight is 317 g/mol. The highest BCUT2D eigenvalue weighted by molar-refractivity contribution is 5.88. The van der Waals surface area contributed by atoms with Crippen molar-refractivity contribution in [2.75, 3.05) is 7.11 Å². The number of esters is 1. The van der Waals surface area contributed by atoms with E-state index in [2.05, 4.69) is 10.1 Å². The van der Waals surface area contributed by atoms with Crippen LogP contribution >= 0.6 is 0 Å². The van der Waals surface area contributed by atoms with E-state index in [9.17, 15) is 18.4 Å². The number of carbonyl (C=O) groups is 2. The Morgan fingerprint density at radius 1 is 1.14 bits per heavy atom. The number of hydrogen-bond acceptors (Lipinski definition) is 3. The molecule has 0 aromatic rings. The van der Waals surface area contributed by atoms with Crippen LogP contribution in [-0.2, 0) is 14.3 Å². The van der Waals surface area contributed by atoms with Gasteiger partial charge in [-0.05, 0) is 31.1 Å². The van der Waals surface area contributed by atoms with Crippen molar-refractivity contribution in [1.82, 2.24) is 5.32 Å². The normalized spacial score (nSPS) is 21.2. The van der Waals surface area contributed by atoms with Crippen LogP contribution in [0.15, 0.2) is 0 Å². The highest BCUT2D eigenvalue weighted by atomic mass is 19.3. The van der Waals surface area contributed by atoms with Gasteiger partial charge >= 0.3 is 11.9 Å². The maximum Gasteiger partial charge on any atom is 0.328 e. The third kappa shape index (κ3) is 4.92. The van der Waals surface area contributed by atoms with Gasteiger partial charge in [-0.2, -0.15) is 8.78 Å². The number of halogens is 2. The summed E-state index contributed by atoms with van der Waals surface area (Å²) in [6.07, 6.45) is 6.77. The Balaban J connectivity index is 1.92. The Bertz CT molecular complexity index is 404. The molecule has 0 unspecified atom stereocenters. The maximum atomic E-state index is 13.9. The molecule has 0 radical (unpaired) electrons. The summed E-state index contributed by atoms with van der Waals surface area (Å²) in [6.45, 7) is 0. The smallest absolute Gasteiger partial charge is 0.328 e. The highest BCUT2D eigenvalue weighted by Crippen LogP contribution is 2.39. The second-order valence-electron chi connectivity index (χ2n) is 6.64. The third-order valence-corrected chi connectivity index (χ3v) is 4.66. The fraction of sp³-hybridized carbons (Fsp3) is 0.875. The topological polar surface area (TPSA) is 55.4 Å². The zero-order valence-corrected chi connectivity index (χ0v) is 13.1. The summed E-state index contributed by atoms with van der Waals surface area (Å²) in [5.41, 5.74) is 0. The minimum atomic E-state index is -3.40. The van der Waals surface area contributed by atoms with Gasteiger partial charge in [0, 0.05) is 6.42 Å². The van der Waals surface area contributed by atoms with Gasteiger partial charge < -0.3 is 10.1 Å². The Labute approximate surface area is 130 Å². The lowest BCUT2D eigenvalue weighted by Gasteiger charge is -2.27. The predicted molar refractivity (Wildman–Crippen MR) is 77.4 cm³/mol. The zero-order chi connectivity index (χ0) is 16.2. The van der Waals surface area contributed by atoms with E-state index in [1.54, 1.807) is 0 Å². The number of ether oxygens (including phenoxy) is 1. The molecular formula is C16H25F2NO3. The first kappa shape index (κ1) is 17.2. The van der Waals surface area contributed by atoms with Crippen molar-refractivity contribution >= 4 is 11.9 Å². The Morgan fingerprint density at radius 2 is 1.77 bits per heavy atom. The maximum absolute atomic E-state index is 13.9. The van der Waals surface area contributed by atoms with Crippen molar-refractivity contribution in [2.24, 2.45) is 11.8 Å². The first-order valence-electron chi connectivity index (χ1n) is 8.19. The molecule has 126 valence electrons. The second-order valence-corrected chi connectivity index (χ2v) is 6.64. The molecule has 22 heavy (non-hydrogen) atoms. The van der Waals surface area contributed by atoms with E-state index in [1.165, 1.54) is 13.5 Å². The van der Waals surface area contributed by atoms with Gasteiger partial charge in [0.1, 0.15) is 6.04 Å². The van der Waals surface area contributed by atoms with Gasteiger partial charge in [0.15, 0.2) is 0 Å².